The summed E-state index contributed by atoms with van der Waals surface area (Å²) in [6, 6.07) is 13.1. The van der Waals surface area contributed by atoms with E-state index in [0.29, 0.717) is 22.7 Å². The zero-order chi connectivity index (χ0) is 16.9. The van der Waals surface area contributed by atoms with Crippen LogP contribution < -0.4 is 19.7 Å². The molecule has 1 N–H and O–H groups in total. The molecule has 24 heavy (non-hydrogen) atoms. The summed E-state index contributed by atoms with van der Waals surface area (Å²) in [5.41, 5.74) is 2.36. The van der Waals surface area contributed by atoms with Crippen LogP contribution in [0.5, 0.6) is 11.5 Å². The van der Waals surface area contributed by atoms with Gasteiger partial charge in [-0.2, -0.15) is 0 Å². The third-order valence-electron chi connectivity index (χ3n) is 4.24. The van der Waals surface area contributed by atoms with E-state index >= 15 is 0 Å². The van der Waals surface area contributed by atoms with E-state index in [1.54, 1.807) is 32.4 Å². The predicted molar refractivity (Wildman–Crippen MR) is 95.4 cm³/mol. The van der Waals surface area contributed by atoms with Gasteiger partial charge in [-0.25, -0.2) is 0 Å². The van der Waals surface area contributed by atoms with Gasteiger partial charge in [0.05, 0.1) is 19.8 Å². The molecule has 1 fully saturated rings. The molecule has 0 bridgehead atoms. The molecule has 1 heterocycles. The molecular formula is C19H22N2O3. The van der Waals surface area contributed by atoms with Crippen molar-refractivity contribution in [3.63, 3.8) is 0 Å². The van der Waals surface area contributed by atoms with Gasteiger partial charge in [0.25, 0.3) is 5.91 Å². The molecule has 1 saturated heterocycles. The molecule has 5 nitrogen and oxygen atoms in total. The van der Waals surface area contributed by atoms with Crippen molar-refractivity contribution in [3.05, 3.63) is 48.0 Å². The number of anilines is 2. The number of nitrogens with zero attached hydrogens (tertiary/aromatic N) is 1. The molecule has 0 atom stereocenters. The number of hydrogen-bond acceptors (Lipinski definition) is 4. The highest BCUT2D eigenvalue weighted by atomic mass is 16.5. The first-order valence-electron chi connectivity index (χ1n) is 8.10. The number of ether oxygens (including phenoxy) is 2. The van der Waals surface area contributed by atoms with Gasteiger partial charge >= 0.3 is 0 Å². The van der Waals surface area contributed by atoms with Gasteiger partial charge in [-0.3, -0.25) is 4.79 Å². The fourth-order valence-corrected chi connectivity index (χ4v) is 3.01. The standard InChI is InChI=1S/C19H22N2O3/c1-23-17-10-9-14(13-18(17)24-2)20-19(22)15-7-3-4-8-16(15)21-11-5-6-12-21/h3-4,7-10,13H,5-6,11-12H2,1-2H3,(H,20,22). The fourth-order valence-electron chi connectivity index (χ4n) is 3.01. The van der Waals surface area contributed by atoms with Crippen LogP contribution in [-0.4, -0.2) is 33.2 Å². The lowest BCUT2D eigenvalue weighted by Gasteiger charge is -2.21. The lowest BCUT2D eigenvalue weighted by Crippen LogP contribution is -2.22. The first-order chi connectivity index (χ1) is 11.7. The molecule has 0 aromatic heterocycles. The Hall–Kier alpha value is -2.69. The van der Waals surface area contributed by atoms with E-state index in [4.69, 9.17) is 9.47 Å². The van der Waals surface area contributed by atoms with Crippen molar-refractivity contribution >= 4 is 17.3 Å². The van der Waals surface area contributed by atoms with E-state index in [0.717, 1.165) is 18.8 Å². The molecule has 2 aromatic carbocycles. The summed E-state index contributed by atoms with van der Waals surface area (Å²) in [5, 5.41) is 2.95. The van der Waals surface area contributed by atoms with Gasteiger partial charge in [-0.15, -0.1) is 0 Å². The van der Waals surface area contributed by atoms with Crippen LogP contribution in [0, 0.1) is 0 Å². The van der Waals surface area contributed by atoms with E-state index in [1.807, 2.05) is 24.3 Å². The molecule has 5 heteroatoms. The summed E-state index contributed by atoms with van der Waals surface area (Å²) in [6.07, 6.45) is 2.34. The van der Waals surface area contributed by atoms with Crippen molar-refractivity contribution in [2.24, 2.45) is 0 Å². The van der Waals surface area contributed by atoms with Gasteiger partial charge in [0.1, 0.15) is 0 Å². The molecule has 1 aliphatic heterocycles. The zero-order valence-electron chi connectivity index (χ0n) is 14.0. The first kappa shape index (κ1) is 16.2. The number of carbonyl (C=O) groups is 1. The van der Waals surface area contributed by atoms with Crippen molar-refractivity contribution < 1.29 is 14.3 Å². The summed E-state index contributed by atoms with van der Waals surface area (Å²) in [7, 11) is 3.16. The minimum Gasteiger partial charge on any atom is -0.493 e. The van der Waals surface area contributed by atoms with Gasteiger partial charge in [0, 0.05) is 30.5 Å². The Morgan fingerprint density at radius 3 is 2.42 bits per heavy atom. The van der Waals surface area contributed by atoms with Crippen LogP contribution in [0.2, 0.25) is 0 Å². The highest BCUT2D eigenvalue weighted by Crippen LogP contribution is 2.31. The molecule has 0 radical (unpaired) electrons. The molecule has 0 saturated carbocycles. The summed E-state index contributed by atoms with van der Waals surface area (Å²) in [4.78, 5) is 15.0. The maximum atomic E-state index is 12.7. The fraction of sp³-hybridized carbons (Fsp3) is 0.316. The maximum Gasteiger partial charge on any atom is 0.257 e. The monoisotopic (exact) mass is 326 g/mol. The normalized spacial score (nSPS) is 13.7. The average molecular weight is 326 g/mol. The molecule has 1 amide bonds. The number of para-hydroxylation sites is 1. The van der Waals surface area contributed by atoms with E-state index in [1.165, 1.54) is 12.8 Å². The Labute approximate surface area is 142 Å². The van der Waals surface area contributed by atoms with Crippen LogP contribution in [0.25, 0.3) is 0 Å². The van der Waals surface area contributed by atoms with Gasteiger partial charge in [0.2, 0.25) is 0 Å². The minimum absolute atomic E-state index is 0.121. The van der Waals surface area contributed by atoms with Gasteiger partial charge in [-0.05, 0) is 37.1 Å². The third kappa shape index (κ3) is 3.30. The molecule has 3 rings (SSSR count). The Bertz CT molecular complexity index is 724. The summed E-state index contributed by atoms with van der Waals surface area (Å²) in [6.45, 7) is 2.00. The van der Waals surface area contributed by atoms with Gasteiger partial charge in [0.15, 0.2) is 11.5 Å². The molecular weight excluding hydrogens is 304 g/mol. The predicted octanol–water partition coefficient (Wildman–Crippen LogP) is 3.56. The van der Waals surface area contributed by atoms with Crippen LogP contribution in [0.15, 0.2) is 42.5 Å². The first-order valence-corrected chi connectivity index (χ1v) is 8.10. The van der Waals surface area contributed by atoms with Crippen LogP contribution in [0.3, 0.4) is 0 Å². The number of benzene rings is 2. The lowest BCUT2D eigenvalue weighted by molar-refractivity contribution is 0.102. The summed E-state index contributed by atoms with van der Waals surface area (Å²) in [5.74, 6) is 1.10. The number of amides is 1. The van der Waals surface area contributed by atoms with Crippen LogP contribution in [-0.2, 0) is 0 Å². The van der Waals surface area contributed by atoms with Gasteiger partial charge in [-0.1, -0.05) is 12.1 Å². The molecule has 0 unspecified atom stereocenters. The number of rotatable bonds is 5. The second-order valence-corrected chi connectivity index (χ2v) is 5.74. The van der Waals surface area contributed by atoms with Crippen LogP contribution >= 0.6 is 0 Å². The smallest absolute Gasteiger partial charge is 0.257 e. The molecule has 126 valence electrons. The van der Waals surface area contributed by atoms with E-state index in [2.05, 4.69) is 10.2 Å². The third-order valence-corrected chi connectivity index (χ3v) is 4.24. The Morgan fingerprint density at radius 1 is 1.00 bits per heavy atom. The SMILES string of the molecule is COc1ccc(NC(=O)c2ccccc2N2CCCC2)cc1OC. The Morgan fingerprint density at radius 2 is 1.71 bits per heavy atom. The largest absolute Gasteiger partial charge is 0.493 e. The highest BCUT2D eigenvalue weighted by Gasteiger charge is 2.19. The molecule has 0 aliphatic carbocycles. The molecule has 2 aromatic rings. The molecule has 0 spiro atoms. The van der Waals surface area contributed by atoms with Crippen molar-refractivity contribution in [3.8, 4) is 11.5 Å². The second kappa shape index (κ2) is 7.25. The highest BCUT2D eigenvalue weighted by molar-refractivity contribution is 6.08. The van der Waals surface area contributed by atoms with Crippen molar-refractivity contribution in [1.82, 2.24) is 0 Å². The number of nitrogens with one attached hydrogen (secondary N) is 1. The number of methoxy groups -OCH3 is 2. The quantitative estimate of drug-likeness (QED) is 0.913. The van der Waals surface area contributed by atoms with Crippen LogP contribution in [0.4, 0.5) is 11.4 Å². The van der Waals surface area contributed by atoms with E-state index < -0.39 is 0 Å². The zero-order valence-corrected chi connectivity index (χ0v) is 14.0. The van der Waals surface area contributed by atoms with E-state index in [9.17, 15) is 4.79 Å². The Balaban J connectivity index is 1.83. The topological polar surface area (TPSA) is 50.8 Å². The van der Waals surface area contributed by atoms with Gasteiger partial charge < -0.3 is 19.7 Å². The average Bonchev–Trinajstić information content (AvgIpc) is 3.16. The van der Waals surface area contributed by atoms with Crippen molar-refractivity contribution in [2.45, 2.75) is 12.8 Å². The summed E-state index contributed by atoms with van der Waals surface area (Å²) < 4.78 is 10.5. The van der Waals surface area contributed by atoms with E-state index in [-0.39, 0.29) is 5.91 Å². The lowest BCUT2D eigenvalue weighted by atomic mass is 10.1. The molecule has 1 aliphatic rings. The van der Waals surface area contributed by atoms with Crippen molar-refractivity contribution in [2.75, 3.05) is 37.5 Å². The maximum absolute atomic E-state index is 12.7. The van der Waals surface area contributed by atoms with Crippen molar-refractivity contribution in [1.29, 1.82) is 0 Å². The Kier molecular flexibility index (Phi) is 4.89. The minimum atomic E-state index is -0.121. The number of carbonyl (C=O) groups excluding carboxylic acids is 1. The number of hydrogen-bond donors (Lipinski definition) is 1. The summed E-state index contributed by atoms with van der Waals surface area (Å²) >= 11 is 0. The second-order valence-electron chi connectivity index (χ2n) is 5.74. The van der Waals surface area contributed by atoms with Crippen LogP contribution in [0.1, 0.15) is 23.2 Å².